The van der Waals surface area contributed by atoms with E-state index in [9.17, 15) is 8.78 Å². The Morgan fingerprint density at radius 2 is 1.71 bits per heavy atom. The van der Waals surface area contributed by atoms with Crippen molar-refractivity contribution in [3.63, 3.8) is 0 Å². The lowest BCUT2D eigenvalue weighted by Crippen LogP contribution is -2.13. The first-order valence-corrected chi connectivity index (χ1v) is 4.34. The molecule has 74 valence electrons. The molecular formula is C11H11F2N. The van der Waals surface area contributed by atoms with Gasteiger partial charge in [0.15, 0.2) is 0 Å². The molecule has 0 bridgehead atoms. The molecule has 0 amide bonds. The van der Waals surface area contributed by atoms with E-state index < -0.39 is 5.92 Å². The zero-order valence-corrected chi connectivity index (χ0v) is 7.93. The fraction of sp³-hybridized carbons (Fsp3) is 0.364. The molecule has 0 aliphatic heterocycles. The minimum absolute atomic E-state index is 0.250. The number of halogens is 2. The lowest BCUT2D eigenvalue weighted by atomic mass is 10.1. The van der Waals surface area contributed by atoms with Crippen LogP contribution in [0.2, 0.25) is 0 Å². The average Bonchev–Trinajstić information content (AvgIpc) is 2.06. The van der Waals surface area contributed by atoms with Crippen LogP contribution in [0.4, 0.5) is 8.78 Å². The Kier molecular flexibility index (Phi) is 3.19. The highest BCUT2D eigenvalue weighted by molar-refractivity contribution is 5.25. The fourth-order valence-corrected chi connectivity index (χ4v) is 1.22. The summed E-state index contributed by atoms with van der Waals surface area (Å²) in [7, 11) is 0. The molecule has 0 fully saturated rings. The van der Waals surface area contributed by atoms with Crippen molar-refractivity contribution in [3.05, 3.63) is 35.4 Å². The maximum atomic E-state index is 12.6. The highest BCUT2D eigenvalue weighted by atomic mass is 19.3. The quantitative estimate of drug-likeness (QED) is 0.727. The standard InChI is InChI=1S/C11H11F2N/c1-11(12,13)8-10-4-2-9(3-5-10)6-7-14/h2-5H,6,8H2,1H3. The SMILES string of the molecule is CC(F)(F)Cc1ccc(CC#N)cc1. The van der Waals surface area contributed by atoms with Gasteiger partial charge < -0.3 is 0 Å². The molecular weight excluding hydrogens is 184 g/mol. The number of hydrogen-bond donors (Lipinski definition) is 0. The number of nitriles is 1. The molecule has 14 heavy (non-hydrogen) atoms. The van der Waals surface area contributed by atoms with Crippen molar-refractivity contribution in [3.8, 4) is 6.07 Å². The smallest absolute Gasteiger partial charge is 0.207 e. The maximum Gasteiger partial charge on any atom is 0.249 e. The molecule has 0 spiro atoms. The van der Waals surface area contributed by atoms with Crippen LogP contribution >= 0.6 is 0 Å². The minimum atomic E-state index is -2.67. The van der Waals surface area contributed by atoms with E-state index in [0.29, 0.717) is 12.0 Å². The number of benzene rings is 1. The molecule has 1 rings (SSSR count). The van der Waals surface area contributed by atoms with Crippen molar-refractivity contribution in [1.29, 1.82) is 5.26 Å². The average molecular weight is 195 g/mol. The summed E-state index contributed by atoms with van der Waals surface area (Å²) in [4.78, 5) is 0. The van der Waals surface area contributed by atoms with Gasteiger partial charge in [0.2, 0.25) is 5.92 Å². The van der Waals surface area contributed by atoms with Crippen LogP contribution in [0.3, 0.4) is 0 Å². The summed E-state index contributed by atoms with van der Waals surface area (Å²) >= 11 is 0. The van der Waals surface area contributed by atoms with E-state index in [1.807, 2.05) is 6.07 Å². The zero-order chi connectivity index (χ0) is 10.6. The topological polar surface area (TPSA) is 23.8 Å². The highest BCUT2D eigenvalue weighted by Gasteiger charge is 2.21. The molecule has 0 N–H and O–H groups in total. The molecule has 1 aromatic rings. The largest absolute Gasteiger partial charge is 0.249 e. The lowest BCUT2D eigenvalue weighted by molar-refractivity contribution is 0.0226. The van der Waals surface area contributed by atoms with Crippen LogP contribution in [0.15, 0.2) is 24.3 Å². The van der Waals surface area contributed by atoms with E-state index in [-0.39, 0.29) is 6.42 Å². The van der Waals surface area contributed by atoms with Gasteiger partial charge in [0.1, 0.15) is 0 Å². The van der Waals surface area contributed by atoms with Crippen molar-refractivity contribution >= 4 is 0 Å². The first-order chi connectivity index (χ1) is 6.51. The van der Waals surface area contributed by atoms with E-state index >= 15 is 0 Å². The van der Waals surface area contributed by atoms with E-state index in [1.54, 1.807) is 24.3 Å². The van der Waals surface area contributed by atoms with Crippen LogP contribution < -0.4 is 0 Å². The third-order valence-electron chi connectivity index (χ3n) is 1.82. The Balaban J connectivity index is 2.70. The number of nitrogens with zero attached hydrogens (tertiary/aromatic N) is 1. The summed E-state index contributed by atoms with van der Waals surface area (Å²) < 4.78 is 25.2. The molecule has 0 heterocycles. The van der Waals surface area contributed by atoms with E-state index in [1.165, 1.54) is 0 Å². The molecule has 0 aliphatic rings. The van der Waals surface area contributed by atoms with Gasteiger partial charge in [-0.05, 0) is 18.1 Å². The Morgan fingerprint density at radius 1 is 1.21 bits per heavy atom. The van der Waals surface area contributed by atoms with Crippen LogP contribution in [0.1, 0.15) is 18.1 Å². The van der Waals surface area contributed by atoms with Crippen molar-refractivity contribution in [1.82, 2.24) is 0 Å². The van der Waals surface area contributed by atoms with Gasteiger partial charge in [-0.2, -0.15) is 5.26 Å². The summed E-state index contributed by atoms with van der Waals surface area (Å²) in [5.41, 5.74) is 1.45. The second-order valence-electron chi connectivity index (χ2n) is 3.40. The van der Waals surface area contributed by atoms with E-state index in [4.69, 9.17) is 5.26 Å². The van der Waals surface area contributed by atoms with Crippen LogP contribution in [-0.2, 0) is 12.8 Å². The number of alkyl halides is 2. The molecule has 0 atom stereocenters. The van der Waals surface area contributed by atoms with Gasteiger partial charge in [-0.25, -0.2) is 8.78 Å². The molecule has 3 heteroatoms. The van der Waals surface area contributed by atoms with E-state index in [2.05, 4.69) is 0 Å². The summed E-state index contributed by atoms with van der Waals surface area (Å²) in [6.07, 6.45) is 0.0721. The molecule has 0 saturated carbocycles. The van der Waals surface area contributed by atoms with Crippen LogP contribution in [-0.4, -0.2) is 5.92 Å². The summed E-state index contributed by atoms with van der Waals surface area (Å²) in [6.45, 7) is 0.899. The second-order valence-corrected chi connectivity index (χ2v) is 3.40. The van der Waals surface area contributed by atoms with Gasteiger partial charge in [-0.3, -0.25) is 0 Å². The predicted octanol–water partition coefficient (Wildman–Crippen LogP) is 2.95. The molecule has 0 aromatic heterocycles. The Morgan fingerprint density at radius 3 is 2.14 bits per heavy atom. The molecule has 1 nitrogen and oxygen atoms in total. The van der Waals surface area contributed by atoms with Crippen LogP contribution in [0.5, 0.6) is 0 Å². The molecule has 0 saturated heterocycles. The maximum absolute atomic E-state index is 12.6. The molecule has 0 unspecified atom stereocenters. The molecule has 0 aliphatic carbocycles. The molecule has 1 aromatic carbocycles. The van der Waals surface area contributed by atoms with Crippen molar-refractivity contribution in [2.24, 2.45) is 0 Å². The van der Waals surface area contributed by atoms with Crippen LogP contribution in [0.25, 0.3) is 0 Å². The summed E-state index contributed by atoms with van der Waals surface area (Å²) in [5, 5.41) is 8.41. The van der Waals surface area contributed by atoms with Gasteiger partial charge in [-0.15, -0.1) is 0 Å². The Bertz CT molecular complexity index is 330. The van der Waals surface area contributed by atoms with Crippen molar-refractivity contribution in [2.75, 3.05) is 0 Å². The minimum Gasteiger partial charge on any atom is -0.207 e. The zero-order valence-electron chi connectivity index (χ0n) is 7.93. The normalized spacial score (nSPS) is 11.0. The Hall–Kier alpha value is -1.43. The van der Waals surface area contributed by atoms with Gasteiger partial charge in [0.25, 0.3) is 0 Å². The number of hydrogen-bond acceptors (Lipinski definition) is 1. The second kappa shape index (κ2) is 4.19. The van der Waals surface area contributed by atoms with Gasteiger partial charge >= 0.3 is 0 Å². The van der Waals surface area contributed by atoms with Gasteiger partial charge in [0, 0.05) is 6.42 Å². The molecule has 0 radical (unpaired) electrons. The first-order valence-electron chi connectivity index (χ1n) is 4.34. The first kappa shape index (κ1) is 10.6. The lowest BCUT2D eigenvalue weighted by Gasteiger charge is -2.09. The van der Waals surface area contributed by atoms with Crippen LogP contribution in [0, 0.1) is 11.3 Å². The monoisotopic (exact) mass is 195 g/mol. The third-order valence-corrected chi connectivity index (χ3v) is 1.82. The summed E-state index contributed by atoms with van der Waals surface area (Å²) in [5.74, 6) is -2.67. The Labute approximate surface area is 82.0 Å². The third kappa shape index (κ3) is 3.53. The van der Waals surface area contributed by atoms with Gasteiger partial charge in [0.05, 0.1) is 12.5 Å². The van der Waals surface area contributed by atoms with Crippen molar-refractivity contribution in [2.45, 2.75) is 25.7 Å². The van der Waals surface area contributed by atoms with Crippen molar-refractivity contribution < 1.29 is 8.78 Å². The predicted molar refractivity (Wildman–Crippen MR) is 50.1 cm³/mol. The van der Waals surface area contributed by atoms with E-state index in [0.717, 1.165) is 12.5 Å². The fourth-order valence-electron chi connectivity index (χ4n) is 1.22. The summed E-state index contributed by atoms with van der Waals surface area (Å²) in [6, 6.07) is 8.71. The number of rotatable bonds is 3. The highest BCUT2D eigenvalue weighted by Crippen LogP contribution is 2.19. The van der Waals surface area contributed by atoms with Gasteiger partial charge in [-0.1, -0.05) is 24.3 Å².